The van der Waals surface area contributed by atoms with Crippen LogP contribution in [0.4, 0.5) is 0 Å². The maximum absolute atomic E-state index is 8.10. The molecule has 13 heavy (non-hydrogen) atoms. The minimum absolute atomic E-state index is 0.642. The Bertz CT molecular complexity index is 217. The highest BCUT2D eigenvalue weighted by atomic mass is 28.3. The minimum atomic E-state index is -1.10. The van der Waals surface area contributed by atoms with Crippen molar-refractivity contribution < 1.29 is 0 Å². The van der Waals surface area contributed by atoms with Crippen molar-refractivity contribution in [3.8, 4) is 0 Å². The molecule has 0 radical (unpaired) electrons. The highest BCUT2D eigenvalue weighted by Crippen LogP contribution is 2.21. The van der Waals surface area contributed by atoms with E-state index < -0.39 is 8.07 Å². The van der Waals surface area contributed by atoms with Crippen molar-refractivity contribution in [2.45, 2.75) is 38.5 Å². The van der Waals surface area contributed by atoms with E-state index in [0.29, 0.717) is 6.54 Å². The molecule has 3 nitrogen and oxygen atoms in total. The summed E-state index contributed by atoms with van der Waals surface area (Å²) in [6, 6.07) is 2.40. The van der Waals surface area contributed by atoms with E-state index in [-0.39, 0.29) is 0 Å². The van der Waals surface area contributed by atoms with E-state index in [1.54, 1.807) is 0 Å². The molecule has 0 heterocycles. The standard InChI is InChI=1S/C9H19N3Si/c1-9(2)8-13(3,4)7-5-6-11-12-10/h1,5-8H2,2-4H3. The lowest BCUT2D eigenvalue weighted by Gasteiger charge is -2.21. The van der Waals surface area contributed by atoms with Crippen molar-refractivity contribution in [2.75, 3.05) is 6.54 Å². The Labute approximate surface area is 81.5 Å². The van der Waals surface area contributed by atoms with Crippen molar-refractivity contribution in [1.82, 2.24) is 0 Å². The Hall–Kier alpha value is -0.733. The molecule has 0 aromatic heterocycles. The Balaban J connectivity index is 3.74. The molecule has 0 N–H and O–H groups in total. The fourth-order valence-corrected chi connectivity index (χ4v) is 4.50. The van der Waals surface area contributed by atoms with Crippen molar-refractivity contribution in [3.63, 3.8) is 0 Å². The minimum Gasteiger partial charge on any atom is -0.100 e. The molecule has 0 aliphatic rings. The molecular formula is C9H19N3Si. The van der Waals surface area contributed by atoms with Gasteiger partial charge in [-0.1, -0.05) is 36.2 Å². The van der Waals surface area contributed by atoms with Crippen molar-refractivity contribution in [3.05, 3.63) is 22.6 Å². The third-order valence-corrected chi connectivity index (χ3v) is 5.22. The van der Waals surface area contributed by atoms with Gasteiger partial charge in [0.25, 0.3) is 0 Å². The van der Waals surface area contributed by atoms with Gasteiger partial charge in [-0.2, -0.15) is 0 Å². The SMILES string of the molecule is C=C(C)C[Si](C)(C)CCCN=[N+]=[N-]. The first-order valence-corrected chi connectivity index (χ1v) is 8.04. The molecule has 0 aliphatic heterocycles. The Morgan fingerprint density at radius 2 is 2.15 bits per heavy atom. The van der Waals surface area contributed by atoms with E-state index in [9.17, 15) is 0 Å². The van der Waals surface area contributed by atoms with Crippen LogP contribution in [-0.2, 0) is 0 Å². The van der Waals surface area contributed by atoms with Gasteiger partial charge in [-0.15, -0.1) is 6.58 Å². The topological polar surface area (TPSA) is 48.8 Å². The third kappa shape index (κ3) is 7.62. The summed E-state index contributed by atoms with van der Waals surface area (Å²) in [6.07, 6.45) is 1.02. The van der Waals surface area contributed by atoms with Gasteiger partial charge >= 0.3 is 0 Å². The second-order valence-electron chi connectivity index (χ2n) is 4.36. The lowest BCUT2D eigenvalue weighted by Crippen LogP contribution is -2.25. The molecule has 0 bridgehead atoms. The first-order chi connectivity index (χ1) is 5.98. The van der Waals surface area contributed by atoms with E-state index in [1.165, 1.54) is 17.7 Å². The molecule has 4 heteroatoms. The molecule has 0 atom stereocenters. The monoisotopic (exact) mass is 197 g/mol. The molecule has 0 fully saturated rings. The van der Waals surface area contributed by atoms with Crippen LogP contribution < -0.4 is 0 Å². The summed E-state index contributed by atoms with van der Waals surface area (Å²) in [7, 11) is -1.10. The zero-order chi connectivity index (χ0) is 10.3. The van der Waals surface area contributed by atoms with Crippen LogP contribution in [0.1, 0.15) is 13.3 Å². The molecule has 0 aromatic carbocycles. The van der Waals surface area contributed by atoms with Crippen LogP contribution in [0.15, 0.2) is 17.3 Å². The number of hydrogen-bond donors (Lipinski definition) is 0. The summed E-state index contributed by atoms with van der Waals surface area (Å²) < 4.78 is 0. The van der Waals surface area contributed by atoms with Crippen LogP contribution in [0.25, 0.3) is 10.4 Å². The molecule has 0 saturated heterocycles. The number of hydrogen-bond acceptors (Lipinski definition) is 1. The van der Waals surface area contributed by atoms with Crippen LogP contribution in [0, 0.1) is 0 Å². The molecule has 0 spiro atoms. The molecule has 0 rings (SSSR count). The van der Waals surface area contributed by atoms with Crippen LogP contribution in [0.2, 0.25) is 25.2 Å². The van der Waals surface area contributed by atoms with Crippen LogP contribution in [0.3, 0.4) is 0 Å². The highest BCUT2D eigenvalue weighted by molar-refractivity contribution is 6.77. The molecule has 0 amide bonds. The smallest absolute Gasteiger partial charge is 0.0513 e. The molecule has 0 saturated carbocycles. The van der Waals surface area contributed by atoms with E-state index in [4.69, 9.17) is 5.53 Å². The number of allylic oxidation sites excluding steroid dienone is 1. The largest absolute Gasteiger partial charge is 0.100 e. The third-order valence-electron chi connectivity index (χ3n) is 1.96. The first kappa shape index (κ1) is 12.3. The average molecular weight is 197 g/mol. The van der Waals surface area contributed by atoms with Gasteiger partial charge in [0, 0.05) is 11.5 Å². The number of rotatable bonds is 6. The predicted molar refractivity (Wildman–Crippen MR) is 60.5 cm³/mol. The lowest BCUT2D eigenvalue weighted by molar-refractivity contribution is 0.899. The van der Waals surface area contributed by atoms with E-state index in [1.807, 2.05) is 0 Å². The molecule has 0 aliphatic carbocycles. The maximum Gasteiger partial charge on any atom is 0.0513 e. The normalized spacial score (nSPS) is 10.7. The van der Waals surface area contributed by atoms with Crippen LogP contribution in [0.5, 0.6) is 0 Å². The summed E-state index contributed by atoms with van der Waals surface area (Å²) in [6.45, 7) is 11.4. The molecule has 74 valence electrons. The number of nitrogens with zero attached hydrogens (tertiary/aromatic N) is 3. The van der Waals surface area contributed by atoms with E-state index in [0.717, 1.165) is 6.42 Å². The Morgan fingerprint density at radius 3 is 2.62 bits per heavy atom. The Morgan fingerprint density at radius 1 is 1.54 bits per heavy atom. The second kappa shape index (κ2) is 5.83. The summed E-state index contributed by atoms with van der Waals surface area (Å²) in [5, 5.41) is 3.53. The van der Waals surface area contributed by atoms with Crippen molar-refractivity contribution >= 4 is 8.07 Å². The van der Waals surface area contributed by atoms with Gasteiger partial charge in [-0.05, 0) is 18.5 Å². The predicted octanol–water partition coefficient (Wildman–Crippen LogP) is 3.97. The quantitative estimate of drug-likeness (QED) is 0.154. The first-order valence-electron chi connectivity index (χ1n) is 4.63. The van der Waals surface area contributed by atoms with Gasteiger partial charge in [0.2, 0.25) is 0 Å². The summed E-state index contributed by atoms with van der Waals surface area (Å²) in [5.74, 6) is 0. The fraction of sp³-hybridized carbons (Fsp3) is 0.778. The van der Waals surface area contributed by atoms with Gasteiger partial charge in [0.05, 0.1) is 8.07 Å². The zero-order valence-corrected chi connectivity index (χ0v) is 9.88. The second-order valence-corrected chi connectivity index (χ2v) is 9.54. The Kier molecular flexibility index (Phi) is 5.51. The molecule has 0 aromatic rings. The maximum atomic E-state index is 8.10. The van der Waals surface area contributed by atoms with Gasteiger partial charge in [0.1, 0.15) is 0 Å². The van der Waals surface area contributed by atoms with E-state index in [2.05, 4.69) is 36.6 Å². The fourth-order valence-electron chi connectivity index (χ4n) is 1.58. The summed E-state index contributed by atoms with van der Waals surface area (Å²) in [4.78, 5) is 2.74. The van der Waals surface area contributed by atoms with Gasteiger partial charge in [-0.25, -0.2) is 0 Å². The van der Waals surface area contributed by atoms with Gasteiger partial charge < -0.3 is 0 Å². The van der Waals surface area contributed by atoms with Crippen LogP contribution in [-0.4, -0.2) is 14.6 Å². The van der Waals surface area contributed by atoms with Crippen LogP contribution >= 0.6 is 0 Å². The average Bonchev–Trinajstić information content (AvgIpc) is 1.95. The zero-order valence-electron chi connectivity index (χ0n) is 8.88. The lowest BCUT2D eigenvalue weighted by atomic mass is 10.4. The highest BCUT2D eigenvalue weighted by Gasteiger charge is 2.19. The summed E-state index contributed by atoms with van der Waals surface area (Å²) in [5.41, 5.74) is 9.37. The van der Waals surface area contributed by atoms with Gasteiger partial charge in [0.15, 0.2) is 0 Å². The molecular weight excluding hydrogens is 178 g/mol. The van der Waals surface area contributed by atoms with Crippen molar-refractivity contribution in [1.29, 1.82) is 0 Å². The summed E-state index contributed by atoms with van der Waals surface area (Å²) >= 11 is 0. The van der Waals surface area contributed by atoms with E-state index >= 15 is 0 Å². The van der Waals surface area contributed by atoms with Crippen molar-refractivity contribution in [2.24, 2.45) is 5.11 Å². The van der Waals surface area contributed by atoms with Gasteiger partial charge in [-0.3, -0.25) is 0 Å². The molecule has 0 unspecified atom stereocenters. The number of azide groups is 1.